The number of hydrogen-bond acceptors (Lipinski definition) is 3. The van der Waals surface area contributed by atoms with Crippen molar-refractivity contribution in [1.29, 1.82) is 0 Å². The van der Waals surface area contributed by atoms with Gasteiger partial charge in [0, 0.05) is 10.6 Å². The fourth-order valence-corrected chi connectivity index (χ4v) is 1.56. The first kappa shape index (κ1) is 15.0. The Kier molecular flexibility index (Phi) is 4.88. The highest BCUT2D eigenvalue weighted by atomic mass is 35.5. The van der Waals surface area contributed by atoms with E-state index in [1.807, 2.05) is 0 Å². The molecule has 0 heterocycles. The lowest BCUT2D eigenvalue weighted by Crippen LogP contribution is -2.43. The molecule has 4 N–H and O–H groups in total. The monoisotopic (exact) mass is 284 g/mol. The van der Waals surface area contributed by atoms with E-state index >= 15 is 0 Å². The molecule has 19 heavy (non-hydrogen) atoms. The molecule has 0 bridgehead atoms. The van der Waals surface area contributed by atoms with Crippen molar-refractivity contribution in [3.05, 3.63) is 34.3 Å². The number of aliphatic carboxylic acids is 1. The summed E-state index contributed by atoms with van der Waals surface area (Å²) in [4.78, 5) is 33.4. The van der Waals surface area contributed by atoms with E-state index < -0.39 is 30.2 Å². The van der Waals surface area contributed by atoms with Crippen LogP contribution in [-0.2, 0) is 9.59 Å². The summed E-state index contributed by atoms with van der Waals surface area (Å²) in [6, 6.07) is 3.22. The summed E-state index contributed by atoms with van der Waals surface area (Å²) in [5.41, 5.74) is 5.93. The molecule has 0 saturated carbocycles. The van der Waals surface area contributed by atoms with Crippen molar-refractivity contribution in [2.75, 3.05) is 0 Å². The Labute approximate surface area is 114 Å². The van der Waals surface area contributed by atoms with Crippen LogP contribution in [-0.4, -0.2) is 28.9 Å². The topological polar surface area (TPSA) is 109 Å². The highest BCUT2D eigenvalue weighted by molar-refractivity contribution is 6.31. The number of nitrogens with one attached hydrogen (secondary N) is 1. The zero-order valence-electron chi connectivity index (χ0n) is 10.1. The van der Waals surface area contributed by atoms with Crippen molar-refractivity contribution in [3.8, 4) is 0 Å². The lowest BCUT2D eigenvalue weighted by Gasteiger charge is -2.13. The zero-order valence-corrected chi connectivity index (χ0v) is 10.9. The predicted molar refractivity (Wildman–Crippen MR) is 68.9 cm³/mol. The average molecular weight is 285 g/mol. The summed E-state index contributed by atoms with van der Waals surface area (Å²) in [7, 11) is 0. The largest absolute Gasteiger partial charge is 0.480 e. The van der Waals surface area contributed by atoms with Crippen LogP contribution in [0.2, 0.25) is 5.02 Å². The van der Waals surface area contributed by atoms with Crippen molar-refractivity contribution in [1.82, 2.24) is 5.32 Å². The van der Waals surface area contributed by atoms with E-state index in [-0.39, 0.29) is 5.56 Å². The van der Waals surface area contributed by atoms with E-state index in [0.29, 0.717) is 5.02 Å². The van der Waals surface area contributed by atoms with E-state index in [1.54, 1.807) is 13.0 Å². The van der Waals surface area contributed by atoms with Crippen LogP contribution < -0.4 is 11.1 Å². The summed E-state index contributed by atoms with van der Waals surface area (Å²) < 4.78 is 0. The second kappa shape index (κ2) is 6.19. The standard InChI is InChI=1S/C12H13ClN2O4/c1-6-2-3-7(4-8(6)13)11(17)15-9(12(18)19)5-10(14)16/h2-4,9H,5H2,1H3,(H2,14,16)(H,15,17)(H,18,19)/t9-/m1/s1. The first-order chi connectivity index (χ1) is 8.81. The molecule has 0 unspecified atom stereocenters. The number of rotatable bonds is 5. The molecule has 1 atom stereocenters. The Morgan fingerprint density at radius 3 is 2.53 bits per heavy atom. The lowest BCUT2D eigenvalue weighted by molar-refractivity contribution is -0.140. The minimum absolute atomic E-state index is 0.214. The maximum Gasteiger partial charge on any atom is 0.326 e. The summed E-state index contributed by atoms with van der Waals surface area (Å²) in [5.74, 6) is -2.77. The second-order valence-corrected chi connectivity index (χ2v) is 4.41. The molecule has 2 amide bonds. The quantitative estimate of drug-likeness (QED) is 0.739. The van der Waals surface area contributed by atoms with Gasteiger partial charge in [-0.2, -0.15) is 0 Å². The Morgan fingerprint density at radius 1 is 1.42 bits per heavy atom. The second-order valence-electron chi connectivity index (χ2n) is 4.00. The molecule has 0 radical (unpaired) electrons. The van der Waals surface area contributed by atoms with Gasteiger partial charge in [-0.3, -0.25) is 9.59 Å². The molecule has 1 aromatic rings. The Hall–Kier alpha value is -2.08. The third kappa shape index (κ3) is 4.26. The van der Waals surface area contributed by atoms with Gasteiger partial charge in [0.1, 0.15) is 6.04 Å². The summed E-state index contributed by atoms with van der Waals surface area (Å²) in [6.45, 7) is 1.77. The number of carbonyl (C=O) groups is 3. The van der Waals surface area contributed by atoms with Crippen LogP contribution in [0.3, 0.4) is 0 Å². The van der Waals surface area contributed by atoms with Gasteiger partial charge in [-0.25, -0.2) is 4.79 Å². The highest BCUT2D eigenvalue weighted by Gasteiger charge is 2.22. The van der Waals surface area contributed by atoms with Gasteiger partial charge >= 0.3 is 5.97 Å². The predicted octanol–water partition coefficient (Wildman–Crippen LogP) is 0.707. The summed E-state index contributed by atoms with van der Waals surface area (Å²) >= 11 is 5.87. The number of nitrogens with two attached hydrogens (primary N) is 1. The lowest BCUT2D eigenvalue weighted by atomic mass is 10.1. The summed E-state index contributed by atoms with van der Waals surface area (Å²) in [5, 5.41) is 11.5. The SMILES string of the molecule is Cc1ccc(C(=O)N[C@H](CC(N)=O)C(=O)O)cc1Cl. The van der Waals surface area contributed by atoms with E-state index in [1.165, 1.54) is 12.1 Å². The fraction of sp³-hybridized carbons (Fsp3) is 0.250. The number of hydrogen-bond donors (Lipinski definition) is 3. The number of amides is 2. The molecule has 7 heteroatoms. The van der Waals surface area contributed by atoms with Crippen LogP contribution in [0, 0.1) is 6.92 Å². The number of primary amides is 1. The number of carboxylic acids is 1. The molecular formula is C12H13ClN2O4. The van der Waals surface area contributed by atoms with Crippen LogP contribution >= 0.6 is 11.6 Å². The molecule has 0 aliphatic heterocycles. The zero-order chi connectivity index (χ0) is 14.6. The maximum atomic E-state index is 11.8. The molecule has 0 fully saturated rings. The van der Waals surface area contributed by atoms with Gasteiger partial charge in [-0.05, 0) is 24.6 Å². The number of carbonyl (C=O) groups excluding carboxylic acids is 2. The van der Waals surface area contributed by atoms with Gasteiger partial charge in [-0.1, -0.05) is 17.7 Å². The molecular weight excluding hydrogens is 272 g/mol. The molecule has 102 valence electrons. The molecule has 0 saturated heterocycles. The van der Waals surface area contributed by atoms with E-state index in [4.69, 9.17) is 22.4 Å². The Morgan fingerprint density at radius 2 is 2.05 bits per heavy atom. The molecule has 0 spiro atoms. The molecule has 0 aliphatic rings. The first-order valence-corrected chi connectivity index (χ1v) is 5.77. The van der Waals surface area contributed by atoms with Gasteiger partial charge in [0.25, 0.3) is 5.91 Å². The van der Waals surface area contributed by atoms with E-state index in [9.17, 15) is 14.4 Å². The Balaban J connectivity index is 2.84. The molecule has 0 aliphatic carbocycles. The number of carboxylic acid groups (broad SMARTS) is 1. The molecule has 1 aromatic carbocycles. The number of aryl methyl sites for hydroxylation is 1. The smallest absolute Gasteiger partial charge is 0.326 e. The van der Waals surface area contributed by atoms with Crippen LogP contribution in [0.5, 0.6) is 0 Å². The van der Waals surface area contributed by atoms with Gasteiger partial charge in [0.2, 0.25) is 5.91 Å². The van der Waals surface area contributed by atoms with E-state index in [2.05, 4.69) is 5.32 Å². The van der Waals surface area contributed by atoms with Crippen molar-refractivity contribution in [2.24, 2.45) is 5.73 Å². The third-order valence-corrected chi connectivity index (χ3v) is 2.85. The molecule has 1 rings (SSSR count). The van der Waals surface area contributed by atoms with Crippen LogP contribution in [0.25, 0.3) is 0 Å². The van der Waals surface area contributed by atoms with E-state index in [0.717, 1.165) is 5.56 Å². The van der Waals surface area contributed by atoms with Gasteiger partial charge in [-0.15, -0.1) is 0 Å². The first-order valence-electron chi connectivity index (χ1n) is 5.39. The van der Waals surface area contributed by atoms with Crippen molar-refractivity contribution in [3.63, 3.8) is 0 Å². The van der Waals surface area contributed by atoms with Crippen molar-refractivity contribution in [2.45, 2.75) is 19.4 Å². The third-order valence-electron chi connectivity index (χ3n) is 2.44. The fourth-order valence-electron chi connectivity index (χ4n) is 1.38. The Bertz CT molecular complexity index is 530. The van der Waals surface area contributed by atoms with Crippen LogP contribution in [0.4, 0.5) is 0 Å². The minimum atomic E-state index is -1.36. The number of benzene rings is 1. The highest BCUT2D eigenvalue weighted by Crippen LogP contribution is 2.16. The van der Waals surface area contributed by atoms with Crippen LogP contribution in [0.1, 0.15) is 22.3 Å². The van der Waals surface area contributed by atoms with Gasteiger partial charge in [0.15, 0.2) is 0 Å². The normalized spacial score (nSPS) is 11.7. The average Bonchev–Trinajstić information content (AvgIpc) is 2.31. The van der Waals surface area contributed by atoms with Crippen molar-refractivity contribution >= 4 is 29.4 Å². The number of halogens is 1. The molecule has 0 aromatic heterocycles. The minimum Gasteiger partial charge on any atom is -0.480 e. The van der Waals surface area contributed by atoms with Gasteiger partial charge in [0.05, 0.1) is 6.42 Å². The maximum absolute atomic E-state index is 11.8. The van der Waals surface area contributed by atoms with Crippen molar-refractivity contribution < 1.29 is 19.5 Å². The van der Waals surface area contributed by atoms with Gasteiger partial charge < -0.3 is 16.2 Å². The molecule has 6 nitrogen and oxygen atoms in total. The van der Waals surface area contributed by atoms with Crippen LogP contribution in [0.15, 0.2) is 18.2 Å². The summed E-state index contributed by atoms with van der Waals surface area (Å²) in [6.07, 6.45) is -0.472.